The van der Waals surface area contributed by atoms with Gasteiger partial charge in [-0.2, -0.15) is 0 Å². The van der Waals surface area contributed by atoms with Crippen LogP contribution in [0.25, 0.3) is 0 Å². The van der Waals surface area contributed by atoms with Crippen LogP contribution in [0.4, 0.5) is 0 Å². The van der Waals surface area contributed by atoms with Crippen molar-refractivity contribution in [1.82, 2.24) is 0 Å². The number of carboxylic acids is 1. The maximum atomic E-state index is 10.7. The molecule has 5 nitrogen and oxygen atoms in total. The minimum atomic E-state index is -1.16. The van der Waals surface area contributed by atoms with Crippen LogP contribution < -0.4 is 4.74 Å². The molecule has 0 heterocycles. The Morgan fingerprint density at radius 2 is 1.53 bits per heavy atom. The molecule has 0 atom stereocenters. The minimum Gasteiger partial charge on any atom is -0.870 e. The van der Waals surface area contributed by atoms with Gasteiger partial charge in [-0.05, 0) is 12.1 Å². The van der Waals surface area contributed by atoms with Gasteiger partial charge in [0, 0.05) is 0 Å². The first-order valence-corrected chi connectivity index (χ1v) is 5.87. The summed E-state index contributed by atoms with van der Waals surface area (Å²) in [5.74, 6) is -1.08. The molecule has 0 amide bonds. The number of rotatable bonds is 2. The first-order chi connectivity index (χ1) is 8.07. The molecule has 0 aromatic heterocycles. The molecule has 1 aromatic carbocycles. The molecule has 1 aromatic rings. The molecular formula is C12H19Cl2NO4. The smallest absolute Gasteiger partial charge is 0.341 e. The molecule has 0 aliphatic heterocycles. The van der Waals surface area contributed by atoms with Gasteiger partial charge in [0.15, 0.2) is 5.75 Å². The molecule has 0 radical (unpaired) electrons. The van der Waals surface area contributed by atoms with Crippen LogP contribution in [0.15, 0.2) is 12.1 Å². The Bertz CT molecular complexity index is 424. The Morgan fingerprint density at radius 1 is 1.16 bits per heavy atom. The fraction of sp³-hybridized carbons (Fsp3) is 0.417. The van der Waals surface area contributed by atoms with Crippen LogP contribution in [0.1, 0.15) is 10.4 Å². The third-order valence-electron chi connectivity index (χ3n) is 1.48. The second-order valence-corrected chi connectivity index (χ2v) is 5.74. The van der Waals surface area contributed by atoms with E-state index in [-0.39, 0.29) is 26.8 Å². The number of halogens is 2. The van der Waals surface area contributed by atoms with Gasteiger partial charge in [-0.25, -0.2) is 4.79 Å². The maximum Gasteiger partial charge on any atom is 0.341 e. The van der Waals surface area contributed by atoms with Crippen molar-refractivity contribution in [3.63, 3.8) is 0 Å². The van der Waals surface area contributed by atoms with Gasteiger partial charge in [-0.1, -0.05) is 23.2 Å². The largest absolute Gasteiger partial charge is 0.870 e. The molecule has 0 unspecified atom stereocenters. The first-order valence-electron chi connectivity index (χ1n) is 5.12. The van der Waals surface area contributed by atoms with Gasteiger partial charge in [0.2, 0.25) is 0 Å². The normalized spacial score (nSPS) is 9.84. The number of aromatic carboxylic acids is 1. The minimum absolute atomic E-state index is 0. The Labute approximate surface area is 123 Å². The zero-order valence-corrected chi connectivity index (χ0v) is 13.1. The zero-order chi connectivity index (χ0) is 14.5. The van der Waals surface area contributed by atoms with E-state index in [0.29, 0.717) is 0 Å². The highest BCUT2D eigenvalue weighted by Crippen LogP contribution is 2.33. The standard InChI is InChI=1S/C8H6Cl2O3.C4H12N.H2O/c1-13-7-5(10)3-2-4(9)6(7)8(11)12;1-5(2,3)4;/h2-3H,1H3,(H,11,12);1-4H3;1H2/q;+1;/p-1. The highest BCUT2D eigenvalue weighted by atomic mass is 35.5. The molecule has 0 aliphatic rings. The van der Waals surface area contributed by atoms with Gasteiger partial charge in [0.1, 0.15) is 5.56 Å². The monoisotopic (exact) mass is 311 g/mol. The molecule has 0 spiro atoms. The fourth-order valence-corrected chi connectivity index (χ4v) is 1.40. The highest BCUT2D eigenvalue weighted by molar-refractivity contribution is 6.36. The van der Waals surface area contributed by atoms with Crippen molar-refractivity contribution in [2.75, 3.05) is 35.3 Å². The molecular weight excluding hydrogens is 293 g/mol. The van der Waals surface area contributed by atoms with Crippen molar-refractivity contribution < 1.29 is 24.6 Å². The van der Waals surface area contributed by atoms with Crippen molar-refractivity contribution in [1.29, 1.82) is 0 Å². The van der Waals surface area contributed by atoms with E-state index in [4.69, 9.17) is 33.0 Å². The van der Waals surface area contributed by atoms with E-state index in [2.05, 4.69) is 28.2 Å². The van der Waals surface area contributed by atoms with E-state index in [0.717, 1.165) is 4.48 Å². The van der Waals surface area contributed by atoms with Gasteiger partial charge in [0.25, 0.3) is 0 Å². The third kappa shape index (κ3) is 7.89. The summed E-state index contributed by atoms with van der Waals surface area (Å²) in [6.07, 6.45) is 0. The third-order valence-corrected chi connectivity index (χ3v) is 2.09. The summed E-state index contributed by atoms with van der Waals surface area (Å²) in [6.45, 7) is 0. The Kier molecular flexibility index (Phi) is 8.79. The number of carboxylic acid groups (broad SMARTS) is 1. The fourth-order valence-electron chi connectivity index (χ4n) is 0.932. The topological polar surface area (TPSA) is 76.5 Å². The number of methoxy groups -OCH3 is 1. The summed E-state index contributed by atoms with van der Waals surface area (Å²) in [6, 6.07) is 2.89. The molecule has 0 fully saturated rings. The lowest BCUT2D eigenvalue weighted by Crippen LogP contribution is -2.27. The number of quaternary nitrogens is 1. The Morgan fingerprint density at radius 3 is 1.79 bits per heavy atom. The summed E-state index contributed by atoms with van der Waals surface area (Å²) in [5.41, 5.74) is -0.114. The van der Waals surface area contributed by atoms with Crippen LogP contribution in [0.2, 0.25) is 10.0 Å². The highest BCUT2D eigenvalue weighted by Gasteiger charge is 2.17. The van der Waals surface area contributed by atoms with Crippen LogP contribution in [0, 0.1) is 0 Å². The maximum absolute atomic E-state index is 10.7. The van der Waals surface area contributed by atoms with Gasteiger partial charge in [-0.15, -0.1) is 0 Å². The average molecular weight is 312 g/mol. The quantitative estimate of drug-likeness (QED) is 0.852. The van der Waals surface area contributed by atoms with E-state index in [1.807, 2.05) is 0 Å². The molecule has 2 N–H and O–H groups in total. The molecule has 0 aliphatic carbocycles. The number of benzene rings is 1. The SMILES string of the molecule is COc1c(Cl)ccc(Cl)c1C(=O)O.C[N+](C)(C)C.[OH-]. The number of hydrogen-bond acceptors (Lipinski definition) is 3. The van der Waals surface area contributed by atoms with E-state index in [1.54, 1.807) is 0 Å². The van der Waals surface area contributed by atoms with Gasteiger partial charge < -0.3 is 19.8 Å². The molecule has 0 saturated carbocycles. The molecule has 7 heteroatoms. The predicted octanol–water partition coefficient (Wildman–Crippen LogP) is 2.85. The average Bonchev–Trinajstić information content (AvgIpc) is 2.18. The van der Waals surface area contributed by atoms with E-state index in [9.17, 15) is 4.79 Å². The number of nitrogens with zero attached hydrogens (tertiary/aromatic N) is 1. The summed E-state index contributed by atoms with van der Waals surface area (Å²) >= 11 is 11.4. The van der Waals surface area contributed by atoms with Crippen LogP contribution >= 0.6 is 23.2 Å². The summed E-state index contributed by atoms with van der Waals surface area (Å²) in [7, 11) is 9.84. The first kappa shape index (κ1) is 20.3. The number of ether oxygens (including phenoxy) is 1. The van der Waals surface area contributed by atoms with Crippen molar-refractivity contribution in [2.45, 2.75) is 0 Å². The van der Waals surface area contributed by atoms with Crippen molar-refractivity contribution in [2.24, 2.45) is 0 Å². The van der Waals surface area contributed by atoms with Crippen molar-refractivity contribution in [3.05, 3.63) is 27.7 Å². The Hall–Kier alpha value is -1.01. The van der Waals surface area contributed by atoms with Crippen molar-refractivity contribution >= 4 is 29.2 Å². The summed E-state index contributed by atoms with van der Waals surface area (Å²) < 4.78 is 5.82. The van der Waals surface area contributed by atoms with E-state index >= 15 is 0 Å². The molecule has 0 bridgehead atoms. The van der Waals surface area contributed by atoms with Gasteiger partial charge >= 0.3 is 5.97 Å². The lowest BCUT2D eigenvalue weighted by atomic mass is 10.2. The molecule has 19 heavy (non-hydrogen) atoms. The second kappa shape index (κ2) is 8.22. The van der Waals surface area contributed by atoms with Crippen LogP contribution in [-0.2, 0) is 0 Å². The number of carbonyl (C=O) groups is 1. The van der Waals surface area contributed by atoms with E-state index in [1.165, 1.54) is 19.2 Å². The summed E-state index contributed by atoms with van der Waals surface area (Å²) in [4.78, 5) is 10.7. The lowest BCUT2D eigenvalue weighted by Gasteiger charge is -2.14. The summed E-state index contributed by atoms with van der Waals surface area (Å²) in [5, 5.41) is 9.11. The zero-order valence-electron chi connectivity index (χ0n) is 11.6. The predicted molar refractivity (Wildman–Crippen MR) is 75.9 cm³/mol. The van der Waals surface area contributed by atoms with Gasteiger partial charge in [0.05, 0.1) is 45.3 Å². The second-order valence-electron chi connectivity index (χ2n) is 4.93. The van der Waals surface area contributed by atoms with Crippen LogP contribution in [-0.4, -0.2) is 56.3 Å². The van der Waals surface area contributed by atoms with Gasteiger partial charge in [-0.3, -0.25) is 0 Å². The van der Waals surface area contributed by atoms with Crippen LogP contribution in [0.5, 0.6) is 5.75 Å². The Balaban J connectivity index is 0. The molecule has 110 valence electrons. The lowest BCUT2D eigenvalue weighted by molar-refractivity contribution is -0.849. The number of hydrogen-bond donors (Lipinski definition) is 1. The molecule has 0 saturated heterocycles. The van der Waals surface area contributed by atoms with E-state index < -0.39 is 5.97 Å². The van der Waals surface area contributed by atoms with Crippen molar-refractivity contribution in [3.8, 4) is 5.75 Å². The molecule has 1 rings (SSSR count). The van der Waals surface area contributed by atoms with Crippen LogP contribution in [0.3, 0.4) is 0 Å².